The Morgan fingerprint density at radius 2 is 2.35 bits per heavy atom. The van der Waals surface area contributed by atoms with Crippen molar-refractivity contribution in [2.75, 3.05) is 11.9 Å². The summed E-state index contributed by atoms with van der Waals surface area (Å²) in [6.45, 7) is 1.26. The van der Waals surface area contributed by atoms with Crippen LogP contribution in [0, 0.1) is 0 Å². The third kappa shape index (κ3) is 2.49. The summed E-state index contributed by atoms with van der Waals surface area (Å²) in [5.74, 6) is 0.00516. The third-order valence-corrected chi connectivity index (χ3v) is 3.66. The minimum absolute atomic E-state index is 0.00516. The number of hydrogen-bond acceptors (Lipinski definition) is 3. The molecule has 0 atom stereocenters. The van der Waals surface area contributed by atoms with Crippen LogP contribution in [-0.2, 0) is 20.0 Å². The Kier molecular flexibility index (Phi) is 3.36. The number of benzene rings is 1. The standard InChI is InChI=1S/C14H15ClN4O/c1-19-8-12(15)13(18-19)7-17-10-2-3-11-9(6-10)4-5-16-14(11)20/h2-3,6,8,17H,4-5,7H2,1H3,(H,16,20). The van der Waals surface area contributed by atoms with Gasteiger partial charge in [-0.3, -0.25) is 9.48 Å². The van der Waals surface area contributed by atoms with E-state index >= 15 is 0 Å². The molecule has 20 heavy (non-hydrogen) atoms. The fourth-order valence-corrected chi connectivity index (χ4v) is 2.59. The first-order chi connectivity index (χ1) is 9.63. The van der Waals surface area contributed by atoms with Crippen LogP contribution in [0.5, 0.6) is 0 Å². The van der Waals surface area contributed by atoms with Gasteiger partial charge in [0.2, 0.25) is 0 Å². The number of hydrogen-bond donors (Lipinski definition) is 2. The summed E-state index contributed by atoms with van der Waals surface area (Å²) in [6.07, 6.45) is 2.64. The molecule has 0 spiro atoms. The molecule has 0 fully saturated rings. The summed E-state index contributed by atoms with van der Waals surface area (Å²) in [7, 11) is 1.84. The maximum absolute atomic E-state index is 11.7. The average molecular weight is 291 g/mol. The van der Waals surface area contributed by atoms with Crippen LogP contribution in [0.1, 0.15) is 21.6 Å². The van der Waals surface area contributed by atoms with E-state index in [1.54, 1.807) is 10.9 Å². The van der Waals surface area contributed by atoms with Gasteiger partial charge in [-0.2, -0.15) is 5.10 Å². The van der Waals surface area contributed by atoms with E-state index in [4.69, 9.17) is 11.6 Å². The Morgan fingerprint density at radius 1 is 1.50 bits per heavy atom. The maximum Gasteiger partial charge on any atom is 0.251 e. The molecule has 5 nitrogen and oxygen atoms in total. The molecule has 2 N–H and O–H groups in total. The molecule has 0 saturated heterocycles. The molecule has 1 amide bonds. The summed E-state index contributed by atoms with van der Waals surface area (Å²) < 4.78 is 1.69. The van der Waals surface area contributed by atoms with Crippen molar-refractivity contribution < 1.29 is 4.79 Å². The number of fused-ring (bicyclic) bond motifs is 1. The second-order valence-corrected chi connectivity index (χ2v) is 5.24. The third-order valence-electron chi connectivity index (χ3n) is 3.34. The minimum atomic E-state index is 0.00516. The zero-order valence-electron chi connectivity index (χ0n) is 11.1. The van der Waals surface area contributed by atoms with Crippen molar-refractivity contribution in [1.82, 2.24) is 15.1 Å². The lowest BCUT2D eigenvalue weighted by Crippen LogP contribution is -2.31. The largest absolute Gasteiger partial charge is 0.379 e. The van der Waals surface area contributed by atoms with Crippen molar-refractivity contribution in [3.8, 4) is 0 Å². The zero-order chi connectivity index (χ0) is 14.1. The van der Waals surface area contributed by atoms with Gasteiger partial charge >= 0.3 is 0 Å². The number of amides is 1. The van der Waals surface area contributed by atoms with E-state index < -0.39 is 0 Å². The van der Waals surface area contributed by atoms with E-state index in [9.17, 15) is 4.79 Å². The number of rotatable bonds is 3. The normalized spacial score (nSPS) is 13.8. The van der Waals surface area contributed by atoms with Gasteiger partial charge in [0, 0.05) is 31.0 Å². The number of nitrogens with one attached hydrogen (secondary N) is 2. The van der Waals surface area contributed by atoms with E-state index in [0.717, 1.165) is 28.9 Å². The smallest absolute Gasteiger partial charge is 0.251 e. The molecule has 1 aromatic carbocycles. The van der Waals surface area contributed by atoms with Gasteiger partial charge in [0.25, 0.3) is 5.91 Å². The molecule has 1 aliphatic rings. The topological polar surface area (TPSA) is 59.0 Å². The van der Waals surface area contributed by atoms with Crippen molar-refractivity contribution in [2.24, 2.45) is 7.05 Å². The molecule has 0 radical (unpaired) electrons. The van der Waals surface area contributed by atoms with E-state index in [1.807, 2.05) is 25.2 Å². The van der Waals surface area contributed by atoms with E-state index in [1.165, 1.54) is 0 Å². The van der Waals surface area contributed by atoms with Crippen LogP contribution in [-0.4, -0.2) is 22.2 Å². The van der Waals surface area contributed by atoms with E-state index in [2.05, 4.69) is 15.7 Å². The van der Waals surface area contributed by atoms with Crippen LogP contribution in [0.4, 0.5) is 5.69 Å². The lowest BCUT2D eigenvalue weighted by molar-refractivity contribution is 0.0946. The van der Waals surface area contributed by atoms with Crippen molar-refractivity contribution in [2.45, 2.75) is 13.0 Å². The van der Waals surface area contributed by atoms with Gasteiger partial charge in [-0.25, -0.2) is 0 Å². The maximum atomic E-state index is 11.7. The molecular weight excluding hydrogens is 276 g/mol. The van der Waals surface area contributed by atoms with Crippen molar-refractivity contribution in [1.29, 1.82) is 0 Å². The number of carbonyl (C=O) groups is 1. The second-order valence-electron chi connectivity index (χ2n) is 4.83. The number of nitrogens with zero attached hydrogens (tertiary/aromatic N) is 2. The zero-order valence-corrected chi connectivity index (χ0v) is 11.9. The lowest BCUT2D eigenvalue weighted by atomic mass is 10.00. The van der Waals surface area contributed by atoms with Gasteiger partial charge in [0.1, 0.15) is 5.69 Å². The summed E-state index contributed by atoms with van der Waals surface area (Å²) >= 11 is 6.07. The number of aromatic nitrogens is 2. The van der Waals surface area contributed by atoms with Crippen molar-refractivity contribution >= 4 is 23.2 Å². The molecular formula is C14H15ClN4O. The summed E-state index contributed by atoms with van der Waals surface area (Å²) in [5.41, 5.74) is 3.62. The average Bonchev–Trinajstić information content (AvgIpc) is 2.75. The van der Waals surface area contributed by atoms with Crippen molar-refractivity contribution in [3.63, 3.8) is 0 Å². The van der Waals surface area contributed by atoms with Crippen LogP contribution in [0.3, 0.4) is 0 Å². The fraction of sp³-hybridized carbons (Fsp3) is 0.286. The second kappa shape index (κ2) is 5.17. The highest BCUT2D eigenvalue weighted by Crippen LogP contribution is 2.20. The van der Waals surface area contributed by atoms with Gasteiger partial charge in [-0.15, -0.1) is 0 Å². The van der Waals surface area contributed by atoms with Gasteiger partial charge in [-0.1, -0.05) is 11.6 Å². The fourth-order valence-electron chi connectivity index (χ4n) is 2.35. The highest BCUT2D eigenvalue weighted by molar-refractivity contribution is 6.31. The predicted octanol–water partition coefficient (Wildman–Crippen LogP) is 1.97. The van der Waals surface area contributed by atoms with Gasteiger partial charge in [0.05, 0.1) is 11.6 Å². The molecule has 0 saturated carbocycles. The Bertz CT molecular complexity index is 665. The van der Waals surface area contributed by atoms with E-state index in [-0.39, 0.29) is 5.91 Å². The molecule has 6 heteroatoms. The van der Waals surface area contributed by atoms with Gasteiger partial charge in [0.15, 0.2) is 0 Å². The Hall–Kier alpha value is -2.01. The molecule has 0 unspecified atom stereocenters. The minimum Gasteiger partial charge on any atom is -0.379 e. The Balaban J connectivity index is 1.75. The molecule has 0 bridgehead atoms. The number of halogens is 1. The number of carbonyl (C=O) groups excluding carboxylic acids is 1. The molecule has 2 heterocycles. The van der Waals surface area contributed by atoms with Crippen LogP contribution < -0.4 is 10.6 Å². The molecule has 0 aliphatic carbocycles. The Labute approximate surface area is 121 Å². The number of anilines is 1. The molecule has 2 aromatic rings. The lowest BCUT2D eigenvalue weighted by Gasteiger charge is -2.17. The molecule has 3 rings (SSSR count). The molecule has 104 valence electrons. The first kappa shape index (κ1) is 13.0. The van der Waals surface area contributed by atoms with Crippen LogP contribution in [0.25, 0.3) is 0 Å². The monoisotopic (exact) mass is 290 g/mol. The summed E-state index contributed by atoms with van der Waals surface area (Å²) in [5, 5.41) is 11.1. The highest BCUT2D eigenvalue weighted by Gasteiger charge is 2.16. The Morgan fingerprint density at radius 3 is 3.10 bits per heavy atom. The molecule has 1 aromatic heterocycles. The summed E-state index contributed by atoms with van der Waals surface area (Å²) in [4.78, 5) is 11.7. The van der Waals surface area contributed by atoms with Crippen LogP contribution >= 0.6 is 11.6 Å². The predicted molar refractivity (Wildman–Crippen MR) is 78.0 cm³/mol. The van der Waals surface area contributed by atoms with E-state index in [0.29, 0.717) is 18.1 Å². The van der Waals surface area contributed by atoms with Crippen LogP contribution in [0.15, 0.2) is 24.4 Å². The first-order valence-electron chi connectivity index (χ1n) is 6.46. The van der Waals surface area contributed by atoms with Crippen LogP contribution in [0.2, 0.25) is 5.02 Å². The van der Waals surface area contributed by atoms with Gasteiger partial charge < -0.3 is 10.6 Å². The highest BCUT2D eigenvalue weighted by atomic mass is 35.5. The molecule has 1 aliphatic heterocycles. The number of aryl methyl sites for hydroxylation is 1. The summed E-state index contributed by atoms with van der Waals surface area (Å²) in [6, 6.07) is 5.78. The first-order valence-corrected chi connectivity index (χ1v) is 6.84. The van der Waals surface area contributed by atoms with Gasteiger partial charge in [-0.05, 0) is 30.2 Å². The quantitative estimate of drug-likeness (QED) is 0.909. The SMILES string of the molecule is Cn1cc(Cl)c(CNc2ccc3c(c2)CCNC3=O)n1. The van der Waals surface area contributed by atoms with Crippen molar-refractivity contribution in [3.05, 3.63) is 46.2 Å².